The summed E-state index contributed by atoms with van der Waals surface area (Å²) in [5.41, 5.74) is -0.148. The summed E-state index contributed by atoms with van der Waals surface area (Å²) >= 11 is 5.73. The summed E-state index contributed by atoms with van der Waals surface area (Å²) in [6.45, 7) is 6.17. The molecule has 0 bridgehead atoms. The summed E-state index contributed by atoms with van der Waals surface area (Å²) in [4.78, 5) is 3.88. The molecule has 0 N–H and O–H groups in total. The van der Waals surface area contributed by atoms with Crippen LogP contribution in [0.3, 0.4) is 0 Å². The second-order valence-corrected chi connectivity index (χ2v) is 3.92. The van der Waals surface area contributed by atoms with E-state index in [2.05, 4.69) is 11.9 Å². The Bertz CT molecular complexity index is 286. The van der Waals surface area contributed by atoms with E-state index in [-0.39, 0.29) is 5.60 Å². The first-order valence-electron chi connectivity index (χ1n) is 4.34. The molecular formula is C10H14ClNO. The third kappa shape index (κ3) is 3.23. The Kier molecular flexibility index (Phi) is 3.15. The fourth-order valence-corrected chi connectivity index (χ4v) is 1.00. The first kappa shape index (κ1) is 10.3. The molecule has 0 saturated carbocycles. The van der Waals surface area contributed by atoms with Crippen LogP contribution in [0.5, 0.6) is 5.75 Å². The van der Waals surface area contributed by atoms with Gasteiger partial charge in [-0.2, -0.15) is 0 Å². The quantitative estimate of drug-likeness (QED) is 0.697. The van der Waals surface area contributed by atoms with Crippen LogP contribution in [-0.4, -0.2) is 10.6 Å². The second kappa shape index (κ2) is 3.97. The van der Waals surface area contributed by atoms with Gasteiger partial charge in [-0.3, -0.25) is 0 Å². The van der Waals surface area contributed by atoms with Gasteiger partial charge in [-0.25, -0.2) is 4.98 Å². The predicted octanol–water partition coefficient (Wildman–Crippen LogP) is 3.30. The van der Waals surface area contributed by atoms with Crippen molar-refractivity contribution in [1.82, 2.24) is 4.98 Å². The van der Waals surface area contributed by atoms with Crippen LogP contribution in [0.1, 0.15) is 27.2 Å². The van der Waals surface area contributed by atoms with Crippen LogP contribution in [0.15, 0.2) is 18.3 Å². The lowest BCUT2D eigenvalue weighted by atomic mass is 10.1. The largest absolute Gasteiger partial charge is 0.488 e. The van der Waals surface area contributed by atoms with Crippen LogP contribution in [-0.2, 0) is 0 Å². The molecule has 0 aromatic carbocycles. The number of ether oxygens (including phenoxy) is 1. The molecule has 3 heteroatoms. The van der Waals surface area contributed by atoms with Gasteiger partial charge < -0.3 is 4.74 Å². The zero-order chi connectivity index (χ0) is 9.90. The standard InChI is InChI=1S/C10H14ClNO/c1-4-10(2,3)13-8-5-6-12-9(11)7-8/h5-7H,4H2,1-3H3. The van der Waals surface area contributed by atoms with Gasteiger partial charge in [-0.05, 0) is 26.3 Å². The van der Waals surface area contributed by atoms with Crippen molar-refractivity contribution in [3.05, 3.63) is 23.5 Å². The van der Waals surface area contributed by atoms with Gasteiger partial charge in [0.1, 0.15) is 16.5 Å². The molecule has 0 amide bonds. The Hall–Kier alpha value is -0.760. The third-order valence-corrected chi connectivity index (χ3v) is 2.15. The van der Waals surface area contributed by atoms with Gasteiger partial charge in [0.15, 0.2) is 0 Å². The molecule has 13 heavy (non-hydrogen) atoms. The molecule has 0 aliphatic heterocycles. The van der Waals surface area contributed by atoms with Crippen LogP contribution in [0.25, 0.3) is 0 Å². The van der Waals surface area contributed by atoms with Gasteiger partial charge in [0.25, 0.3) is 0 Å². The zero-order valence-electron chi connectivity index (χ0n) is 8.17. The minimum absolute atomic E-state index is 0.148. The summed E-state index contributed by atoms with van der Waals surface area (Å²) in [5, 5.41) is 0.462. The van der Waals surface area contributed by atoms with Gasteiger partial charge in [-0.15, -0.1) is 0 Å². The van der Waals surface area contributed by atoms with E-state index in [1.54, 1.807) is 12.3 Å². The number of pyridine rings is 1. The van der Waals surface area contributed by atoms with Crippen LogP contribution in [0.4, 0.5) is 0 Å². The first-order chi connectivity index (χ1) is 6.03. The predicted molar refractivity (Wildman–Crippen MR) is 54.2 cm³/mol. The molecule has 2 nitrogen and oxygen atoms in total. The van der Waals surface area contributed by atoms with E-state index in [9.17, 15) is 0 Å². The van der Waals surface area contributed by atoms with E-state index in [0.717, 1.165) is 12.2 Å². The highest BCUT2D eigenvalue weighted by atomic mass is 35.5. The lowest BCUT2D eigenvalue weighted by Gasteiger charge is -2.24. The Labute approximate surface area is 83.9 Å². The molecule has 1 heterocycles. The Morgan fingerprint density at radius 2 is 2.23 bits per heavy atom. The summed E-state index contributed by atoms with van der Waals surface area (Å²) in [6.07, 6.45) is 2.59. The maximum atomic E-state index is 5.73. The lowest BCUT2D eigenvalue weighted by Crippen LogP contribution is -2.26. The van der Waals surface area contributed by atoms with Gasteiger partial charge in [0.2, 0.25) is 0 Å². The Balaban J connectivity index is 2.74. The van der Waals surface area contributed by atoms with E-state index >= 15 is 0 Å². The molecule has 0 saturated heterocycles. The summed E-state index contributed by atoms with van der Waals surface area (Å²) in [5.74, 6) is 0.770. The summed E-state index contributed by atoms with van der Waals surface area (Å²) in [7, 11) is 0. The third-order valence-electron chi connectivity index (χ3n) is 1.94. The van der Waals surface area contributed by atoms with E-state index in [4.69, 9.17) is 16.3 Å². The van der Waals surface area contributed by atoms with Crippen LogP contribution in [0.2, 0.25) is 5.15 Å². The highest BCUT2D eigenvalue weighted by Gasteiger charge is 2.16. The molecule has 1 rings (SSSR count). The van der Waals surface area contributed by atoms with Gasteiger partial charge >= 0.3 is 0 Å². The fraction of sp³-hybridized carbons (Fsp3) is 0.500. The van der Waals surface area contributed by atoms with Crippen molar-refractivity contribution in [2.24, 2.45) is 0 Å². The molecule has 0 atom stereocenters. The molecule has 1 aromatic rings. The molecule has 0 fully saturated rings. The minimum atomic E-state index is -0.148. The van der Waals surface area contributed by atoms with Crippen molar-refractivity contribution in [3.8, 4) is 5.75 Å². The van der Waals surface area contributed by atoms with Crippen molar-refractivity contribution in [3.63, 3.8) is 0 Å². The van der Waals surface area contributed by atoms with E-state index < -0.39 is 0 Å². The average molecular weight is 200 g/mol. The van der Waals surface area contributed by atoms with Crippen LogP contribution in [0, 0.1) is 0 Å². The summed E-state index contributed by atoms with van der Waals surface area (Å²) in [6, 6.07) is 3.53. The highest BCUT2D eigenvalue weighted by molar-refractivity contribution is 6.29. The fourth-order valence-electron chi connectivity index (χ4n) is 0.839. The smallest absolute Gasteiger partial charge is 0.132 e. The molecule has 0 unspecified atom stereocenters. The Morgan fingerprint density at radius 1 is 1.54 bits per heavy atom. The molecule has 0 aliphatic rings. The Morgan fingerprint density at radius 3 is 2.77 bits per heavy atom. The normalized spacial score (nSPS) is 11.4. The monoisotopic (exact) mass is 199 g/mol. The topological polar surface area (TPSA) is 22.1 Å². The highest BCUT2D eigenvalue weighted by Crippen LogP contribution is 2.22. The number of hydrogen-bond acceptors (Lipinski definition) is 2. The van der Waals surface area contributed by atoms with Crippen molar-refractivity contribution < 1.29 is 4.74 Å². The van der Waals surface area contributed by atoms with Crippen molar-refractivity contribution in [2.45, 2.75) is 32.8 Å². The van der Waals surface area contributed by atoms with Gasteiger partial charge in [0.05, 0.1) is 0 Å². The number of halogens is 1. The van der Waals surface area contributed by atoms with Gasteiger partial charge in [-0.1, -0.05) is 18.5 Å². The average Bonchev–Trinajstić information content (AvgIpc) is 2.03. The minimum Gasteiger partial charge on any atom is -0.488 e. The zero-order valence-corrected chi connectivity index (χ0v) is 8.93. The van der Waals surface area contributed by atoms with Crippen molar-refractivity contribution in [1.29, 1.82) is 0 Å². The molecular weight excluding hydrogens is 186 g/mol. The van der Waals surface area contributed by atoms with Gasteiger partial charge in [0, 0.05) is 12.3 Å². The number of hydrogen-bond donors (Lipinski definition) is 0. The molecule has 1 aromatic heterocycles. The molecule has 0 spiro atoms. The SMILES string of the molecule is CCC(C)(C)Oc1ccnc(Cl)c1. The maximum Gasteiger partial charge on any atom is 0.132 e. The molecule has 0 radical (unpaired) electrons. The van der Waals surface area contributed by atoms with Crippen molar-refractivity contribution >= 4 is 11.6 Å². The van der Waals surface area contributed by atoms with Crippen LogP contribution >= 0.6 is 11.6 Å². The number of nitrogens with zero attached hydrogens (tertiary/aromatic N) is 1. The first-order valence-corrected chi connectivity index (χ1v) is 4.72. The number of rotatable bonds is 3. The van der Waals surface area contributed by atoms with E-state index in [1.165, 1.54) is 0 Å². The maximum absolute atomic E-state index is 5.73. The summed E-state index contributed by atoms with van der Waals surface area (Å²) < 4.78 is 5.71. The van der Waals surface area contributed by atoms with E-state index in [1.807, 2.05) is 19.9 Å². The molecule has 72 valence electrons. The van der Waals surface area contributed by atoms with E-state index in [0.29, 0.717) is 5.15 Å². The molecule has 0 aliphatic carbocycles. The van der Waals surface area contributed by atoms with Crippen molar-refractivity contribution in [2.75, 3.05) is 0 Å². The second-order valence-electron chi connectivity index (χ2n) is 3.53. The van der Waals surface area contributed by atoms with Crippen LogP contribution < -0.4 is 4.74 Å². The number of aromatic nitrogens is 1. The lowest BCUT2D eigenvalue weighted by molar-refractivity contribution is 0.105.